The van der Waals surface area contributed by atoms with Crippen LogP contribution in [0.1, 0.15) is 36.9 Å². The summed E-state index contributed by atoms with van der Waals surface area (Å²) in [4.78, 5) is 16.2. The number of anilines is 1. The molecular weight excluding hydrogens is 274 g/mol. The Morgan fingerprint density at radius 2 is 2.20 bits per heavy atom. The highest BCUT2D eigenvalue weighted by molar-refractivity contribution is 7.11. The minimum absolute atomic E-state index is 0.242. The van der Waals surface area contributed by atoms with Crippen molar-refractivity contribution < 1.29 is 0 Å². The van der Waals surface area contributed by atoms with Crippen LogP contribution >= 0.6 is 11.3 Å². The van der Waals surface area contributed by atoms with Crippen molar-refractivity contribution >= 4 is 23.4 Å². The number of aromatic nitrogens is 3. The molecule has 2 N–H and O–H groups in total. The van der Waals surface area contributed by atoms with Crippen molar-refractivity contribution in [2.24, 2.45) is 5.10 Å². The molecule has 0 atom stereocenters. The quantitative estimate of drug-likeness (QED) is 0.671. The van der Waals surface area contributed by atoms with Crippen LogP contribution in [0.25, 0.3) is 0 Å². The molecule has 2 rings (SSSR count). The van der Waals surface area contributed by atoms with Crippen LogP contribution < -0.4 is 11.1 Å². The summed E-state index contributed by atoms with van der Waals surface area (Å²) in [6.07, 6.45) is 1.72. The summed E-state index contributed by atoms with van der Waals surface area (Å²) in [5.41, 5.74) is 3.89. The molecule has 0 radical (unpaired) electrons. The molecule has 0 spiro atoms. The molecule has 106 valence electrons. The topological polar surface area (TPSA) is 83.0 Å². The molecule has 6 nitrogen and oxygen atoms in total. The van der Waals surface area contributed by atoms with Gasteiger partial charge in [-0.25, -0.2) is 9.89 Å². The zero-order chi connectivity index (χ0) is 14.8. The normalized spacial score (nSPS) is 12.0. The maximum Gasteiger partial charge on any atom is 0.363 e. The molecule has 0 unspecified atom stereocenters. The lowest BCUT2D eigenvalue weighted by molar-refractivity contribution is 0.553. The summed E-state index contributed by atoms with van der Waals surface area (Å²) in [6.45, 7) is 8.00. The molecule has 0 saturated heterocycles. The maximum absolute atomic E-state index is 11.3. The third kappa shape index (κ3) is 3.30. The van der Waals surface area contributed by atoms with E-state index >= 15 is 0 Å². The summed E-state index contributed by atoms with van der Waals surface area (Å²) >= 11 is 1.60. The van der Waals surface area contributed by atoms with E-state index in [1.807, 2.05) is 39.1 Å². The van der Waals surface area contributed by atoms with Gasteiger partial charge < -0.3 is 0 Å². The lowest BCUT2D eigenvalue weighted by atomic mass is 9.92. The second kappa shape index (κ2) is 5.54. The van der Waals surface area contributed by atoms with Gasteiger partial charge in [0.15, 0.2) is 5.82 Å². The van der Waals surface area contributed by atoms with Crippen LogP contribution in [0.2, 0.25) is 0 Å². The Kier molecular flexibility index (Phi) is 3.99. The van der Waals surface area contributed by atoms with Crippen LogP contribution in [0.3, 0.4) is 0 Å². The Labute approximate surface area is 121 Å². The number of hydrazone groups is 1. The number of thiophene rings is 1. The first-order valence-electron chi connectivity index (χ1n) is 6.18. The number of rotatable bonds is 3. The third-order valence-corrected chi connectivity index (χ3v) is 3.62. The van der Waals surface area contributed by atoms with Crippen LogP contribution in [0, 0.1) is 6.92 Å². The molecule has 0 aliphatic rings. The molecule has 0 aromatic carbocycles. The van der Waals surface area contributed by atoms with E-state index in [0.717, 1.165) is 10.4 Å². The molecule has 0 amide bonds. The summed E-state index contributed by atoms with van der Waals surface area (Å²) in [5, 5.41) is 12.5. The highest BCUT2D eigenvalue weighted by Gasteiger charge is 2.21. The lowest BCUT2D eigenvalue weighted by Crippen LogP contribution is -2.24. The van der Waals surface area contributed by atoms with Gasteiger partial charge in [-0.2, -0.15) is 15.2 Å². The second-order valence-electron chi connectivity index (χ2n) is 5.43. The monoisotopic (exact) mass is 291 g/mol. The van der Waals surface area contributed by atoms with Crippen molar-refractivity contribution in [1.82, 2.24) is 15.2 Å². The lowest BCUT2D eigenvalue weighted by Gasteiger charge is -2.18. The first kappa shape index (κ1) is 14.4. The Morgan fingerprint density at radius 3 is 2.80 bits per heavy atom. The first-order valence-corrected chi connectivity index (χ1v) is 7.06. The number of hydrogen-bond acceptors (Lipinski definition) is 6. The maximum atomic E-state index is 11.3. The van der Waals surface area contributed by atoms with Gasteiger partial charge >= 0.3 is 5.69 Å². The van der Waals surface area contributed by atoms with E-state index in [2.05, 4.69) is 25.7 Å². The van der Waals surface area contributed by atoms with Crippen molar-refractivity contribution in [1.29, 1.82) is 0 Å². The molecule has 20 heavy (non-hydrogen) atoms. The zero-order valence-corrected chi connectivity index (χ0v) is 12.7. The van der Waals surface area contributed by atoms with Crippen LogP contribution in [-0.4, -0.2) is 21.4 Å². The average Bonchev–Trinajstić information content (AvgIpc) is 2.74. The van der Waals surface area contributed by atoms with E-state index in [0.29, 0.717) is 11.5 Å². The molecule has 0 bridgehead atoms. The molecule has 2 heterocycles. The van der Waals surface area contributed by atoms with Crippen molar-refractivity contribution in [2.45, 2.75) is 33.1 Å². The number of H-pyrrole nitrogens is 1. The Bertz CT molecular complexity index is 681. The molecule has 0 aliphatic carbocycles. The molecule has 2 aromatic heterocycles. The molecule has 0 aliphatic heterocycles. The zero-order valence-electron chi connectivity index (χ0n) is 11.9. The summed E-state index contributed by atoms with van der Waals surface area (Å²) in [5.74, 6) is 0.381. The van der Waals surface area contributed by atoms with Crippen LogP contribution in [-0.2, 0) is 5.41 Å². The van der Waals surface area contributed by atoms with Gasteiger partial charge in [0, 0.05) is 10.3 Å². The smallest absolute Gasteiger partial charge is 0.260 e. The number of nitrogens with zero attached hydrogens (tertiary/aromatic N) is 3. The van der Waals surface area contributed by atoms with Crippen LogP contribution in [0.4, 0.5) is 5.82 Å². The molecular formula is C13H17N5OS. The highest BCUT2D eigenvalue weighted by Crippen LogP contribution is 2.24. The summed E-state index contributed by atoms with van der Waals surface area (Å²) in [7, 11) is 0. The summed E-state index contributed by atoms with van der Waals surface area (Å²) in [6, 6.07) is 2.03. The Hall–Kier alpha value is -2.02. The van der Waals surface area contributed by atoms with Gasteiger partial charge in [-0.05, 0) is 23.9 Å². The molecule has 0 fully saturated rings. The van der Waals surface area contributed by atoms with Gasteiger partial charge in [0.05, 0.1) is 6.21 Å². The van der Waals surface area contributed by atoms with Crippen molar-refractivity contribution in [3.8, 4) is 0 Å². The Morgan fingerprint density at radius 1 is 1.45 bits per heavy atom. The highest BCUT2D eigenvalue weighted by atomic mass is 32.1. The predicted octanol–water partition coefficient (Wildman–Crippen LogP) is 2.28. The van der Waals surface area contributed by atoms with E-state index in [9.17, 15) is 4.79 Å². The van der Waals surface area contributed by atoms with Gasteiger partial charge in [0.2, 0.25) is 0 Å². The number of aryl methyl sites for hydroxylation is 1. The van der Waals surface area contributed by atoms with Gasteiger partial charge in [-0.1, -0.05) is 20.8 Å². The van der Waals surface area contributed by atoms with E-state index in [1.54, 1.807) is 17.6 Å². The fourth-order valence-corrected chi connectivity index (χ4v) is 2.39. The summed E-state index contributed by atoms with van der Waals surface area (Å²) < 4.78 is 0. The number of nitrogens with one attached hydrogen (secondary N) is 2. The van der Waals surface area contributed by atoms with Crippen molar-refractivity contribution in [3.05, 3.63) is 38.1 Å². The second-order valence-corrected chi connectivity index (χ2v) is 6.37. The fraction of sp³-hybridized carbons (Fsp3) is 0.385. The average molecular weight is 291 g/mol. The minimum Gasteiger partial charge on any atom is -0.260 e. The van der Waals surface area contributed by atoms with E-state index in [-0.39, 0.29) is 5.41 Å². The van der Waals surface area contributed by atoms with Gasteiger partial charge in [0.1, 0.15) is 5.69 Å². The number of hydrogen-bond donors (Lipinski definition) is 2. The van der Waals surface area contributed by atoms with Gasteiger partial charge in [-0.15, -0.1) is 11.3 Å². The third-order valence-electron chi connectivity index (χ3n) is 2.67. The molecule has 2 aromatic rings. The fourth-order valence-electron chi connectivity index (χ4n) is 1.61. The first-order chi connectivity index (χ1) is 9.38. The molecule has 0 saturated carbocycles. The number of aromatic amines is 1. The van der Waals surface area contributed by atoms with Crippen LogP contribution in [0.15, 0.2) is 21.3 Å². The molecule has 7 heteroatoms. The van der Waals surface area contributed by atoms with Crippen LogP contribution in [0.5, 0.6) is 0 Å². The van der Waals surface area contributed by atoms with Gasteiger partial charge in [0.25, 0.3) is 0 Å². The Balaban J connectivity index is 2.25. The largest absolute Gasteiger partial charge is 0.363 e. The van der Waals surface area contributed by atoms with E-state index in [1.165, 1.54) is 0 Å². The van der Waals surface area contributed by atoms with Crippen molar-refractivity contribution in [2.75, 3.05) is 5.43 Å². The SMILES string of the molecule is Cc1ccsc1/C=N/Nc1nc(=O)[nH]nc1C(C)(C)C. The van der Waals surface area contributed by atoms with Crippen molar-refractivity contribution in [3.63, 3.8) is 0 Å². The van der Waals surface area contributed by atoms with E-state index < -0.39 is 5.69 Å². The minimum atomic E-state index is -0.497. The standard InChI is InChI=1S/C13H17N5OS/c1-8-5-6-20-9(8)7-14-17-11-10(13(2,3)4)16-18-12(19)15-11/h5-7H,1-4H3,(H2,15,17,18,19)/b14-7+. The van der Waals surface area contributed by atoms with E-state index in [4.69, 9.17) is 0 Å². The predicted molar refractivity (Wildman–Crippen MR) is 81.6 cm³/mol. The van der Waals surface area contributed by atoms with Gasteiger partial charge in [-0.3, -0.25) is 5.43 Å².